The highest BCUT2D eigenvalue weighted by Crippen LogP contribution is 2.16. The summed E-state index contributed by atoms with van der Waals surface area (Å²) in [4.78, 5) is 16.2. The number of rotatable bonds is 8. The van der Waals surface area contributed by atoms with Gasteiger partial charge in [-0.05, 0) is 30.7 Å². The van der Waals surface area contributed by atoms with Crippen molar-refractivity contribution < 1.29 is 17.9 Å². The molecular weight excluding hydrogens is 316 g/mol. The first-order chi connectivity index (χ1) is 11.0. The Morgan fingerprint density at radius 2 is 1.96 bits per heavy atom. The van der Waals surface area contributed by atoms with E-state index in [1.807, 2.05) is 0 Å². The molecule has 7 heteroatoms. The maximum atomic E-state index is 12.3. The van der Waals surface area contributed by atoms with Crippen LogP contribution < -0.4 is 4.72 Å². The topological polar surface area (TPSA) is 85.4 Å². The summed E-state index contributed by atoms with van der Waals surface area (Å²) in [6.07, 6.45) is 2.30. The zero-order valence-electron chi connectivity index (χ0n) is 12.7. The molecule has 0 atom stereocenters. The van der Waals surface area contributed by atoms with Crippen molar-refractivity contribution in [1.82, 2.24) is 4.98 Å². The van der Waals surface area contributed by atoms with E-state index in [2.05, 4.69) is 9.71 Å². The standard InChI is InChI=1S/C16H18N2O4S/c1-22-11-5-8-16(19)15-12-13(9-10-17-15)18-23(20,21)14-6-3-2-4-7-14/h2-4,6-7,9-10,12H,5,8,11H2,1H3,(H,17,18). The molecule has 6 nitrogen and oxygen atoms in total. The minimum atomic E-state index is -3.69. The molecule has 23 heavy (non-hydrogen) atoms. The van der Waals surface area contributed by atoms with E-state index >= 15 is 0 Å². The molecule has 0 radical (unpaired) electrons. The number of ether oxygens (including phenoxy) is 1. The van der Waals surface area contributed by atoms with Crippen LogP contribution in [0.25, 0.3) is 0 Å². The summed E-state index contributed by atoms with van der Waals surface area (Å²) in [5, 5.41) is 0. The van der Waals surface area contributed by atoms with Crippen molar-refractivity contribution in [3.63, 3.8) is 0 Å². The van der Waals surface area contributed by atoms with Crippen LogP contribution in [0.3, 0.4) is 0 Å². The van der Waals surface area contributed by atoms with Crippen LogP contribution in [0.15, 0.2) is 53.6 Å². The van der Waals surface area contributed by atoms with Crippen LogP contribution in [-0.2, 0) is 14.8 Å². The molecule has 2 rings (SSSR count). The van der Waals surface area contributed by atoms with Crippen LogP contribution in [0.1, 0.15) is 23.3 Å². The molecule has 0 unspecified atom stereocenters. The molecular formula is C16H18N2O4S. The lowest BCUT2D eigenvalue weighted by molar-refractivity contribution is 0.0958. The molecule has 0 amide bonds. The number of hydrogen-bond donors (Lipinski definition) is 1. The summed E-state index contributed by atoms with van der Waals surface area (Å²) in [7, 11) is -2.11. The van der Waals surface area contributed by atoms with Gasteiger partial charge >= 0.3 is 0 Å². The smallest absolute Gasteiger partial charge is 0.261 e. The monoisotopic (exact) mass is 334 g/mol. The largest absolute Gasteiger partial charge is 0.385 e. The molecule has 0 aliphatic carbocycles. The maximum absolute atomic E-state index is 12.3. The average molecular weight is 334 g/mol. The van der Waals surface area contributed by atoms with Crippen LogP contribution in [0, 0.1) is 0 Å². The molecule has 0 spiro atoms. The number of nitrogens with zero attached hydrogens (tertiary/aromatic N) is 1. The first kappa shape index (κ1) is 17.1. The Morgan fingerprint density at radius 3 is 2.65 bits per heavy atom. The van der Waals surface area contributed by atoms with Crippen molar-refractivity contribution in [1.29, 1.82) is 0 Å². The second kappa shape index (κ2) is 7.85. The van der Waals surface area contributed by atoms with Gasteiger partial charge in [-0.2, -0.15) is 0 Å². The lowest BCUT2D eigenvalue weighted by Gasteiger charge is -2.09. The van der Waals surface area contributed by atoms with Gasteiger partial charge < -0.3 is 4.74 Å². The highest BCUT2D eigenvalue weighted by atomic mass is 32.2. The van der Waals surface area contributed by atoms with E-state index in [4.69, 9.17) is 4.74 Å². The average Bonchev–Trinajstić information content (AvgIpc) is 2.55. The minimum absolute atomic E-state index is 0.150. The van der Waals surface area contributed by atoms with E-state index in [0.29, 0.717) is 25.1 Å². The predicted molar refractivity (Wildman–Crippen MR) is 86.9 cm³/mol. The van der Waals surface area contributed by atoms with Crippen molar-refractivity contribution in [2.24, 2.45) is 0 Å². The molecule has 2 aromatic rings. The molecule has 1 heterocycles. The second-order valence-electron chi connectivity index (χ2n) is 4.87. The van der Waals surface area contributed by atoms with Gasteiger partial charge in [0.1, 0.15) is 5.69 Å². The highest BCUT2D eigenvalue weighted by molar-refractivity contribution is 7.92. The number of Topliss-reactive ketones (excluding diaryl/α,β-unsaturated/α-hetero) is 1. The van der Waals surface area contributed by atoms with Gasteiger partial charge in [-0.25, -0.2) is 8.42 Å². The van der Waals surface area contributed by atoms with Crippen LogP contribution in [-0.4, -0.2) is 32.9 Å². The van der Waals surface area contributed by atoms with Crippen molar-refractivity contribution in [3.8, 4) is 0 Å². The fourth-order valence-corrected chi connectivity index (χ4v) is 3.04. The number of aromatic nitrogens is 1. The SMILES string of the molecule is COCCCC(=O)c1cc(NS(=O)(=O)c2ccccc2)ccn1. The van der Waals surface area contributed by atoms with Gasteiger partial charge in [0.05, 0.1) is 10.6 Å². The van der Waals surface area contributed by atoms with Gasteiger partial charge in [0.15, 0.2) is 5.78 Å². The van der Waals surface area contributed by atoms with Gasteiger partial charge in [-0.1, -0.05) is 18.2 Å². The Morgan fingerprint density at radius 1 is 1.22 bits per heavy atom. The predicted octanol–water partition coefficient (Wildman–Crippen LogP) is 2.49. The van der Waals surface area contributed by atoms with Crippen molar-refractivity contribution >= 4 is 21.5 Å². The number of pyridine rings is 1. The second-order valence-corrected chi connectivity index (χ2v) is 6.55. The van der Waals surface area contributed by atoms with Crippen LogP contribution in [0.5, 0.6) is 0 Å². The van der Waals surface area contributed by atoms with Crippen LogP contribution in [0.4, 0.5) is 5.69 Å². The van der Waals surface area contributed by atoms with Gasteiger partial charge in [-0.15, -0.1) is 0 Å². The minimum Gasteiger partial charge on any atom is -0.385 e. The van der Waals surface area contributed by atoms with E-state index in [1.54, 1.807) is 25.3 Å². The fourth-order valence-electron chi connectivity index (χ4n) is 1.97. The number of sulfonamides is 1. The van der Waals surface area contributed by atoms with Crippen LogP contribution in [0.2, 0.25) is 0 Å². The van der Waals surface area contributed by atoms with E-state index in [0.717, 1.165) is 0 Å². The molecule has 1 aromatic carbocycles. The Labute approximate surface area is 135 Å². The van der Waals surface area contributed by atoms with E-state index in [1.165, 1.54) is 30.5 Å². The molecule has 1 aromatic heterocycles. The number of ketones is 1. The van der Waals surface area contributed by atoms with E-state index in [-0.39, 0.29) is 16.4 Å². The Kier molecular flexibility index (Phi) is 5.84. The number of benzene rings is 1. The third-order valence-corrected chi connectivity index (χ3v) is 4.50. The summed E-state index contributed by atoms with van der Waals surface area (Å²) < 4.78 is 31.9. The quantitative estimate of drug-likeness (QED) is 0.592. The maximum Gasteiger partial charge on any atom is 0.261 e. The molecule has 122 valence electrons. The van der Waals surface area contributed by atoms with E-state index < -0.39 is 10.0 Å². The van der Waals surface area contributed by atoms with Gasteiger partial charge in [0.2, 0.25) is 0 Å². The molecule has 0 bridgehead atoms. The summed E-state index contributed by atoms with van der Waals surface area (Å²) in [5.74, 6) is -0.150. The first-order valence-corrected chi connectivity index (χ1v) is 8.57. The number of carbonyl (C=O) groups excluding carboxylic acids is 1. The fraction of sp³-hybridized carbons (Fsp3) is 0.250. The lowest BCUT2D eigenvalue weighted by atomic mass is 10.1. The molecule has 0 aliphatic heterocycles. The van der Waals surface area contributed by atoms with Crippen molar-refractivity contribution in [2.45, 2.75) is 17.7 Å². The third kappa shape index (κ3) is 4.87. The third-order valence-electron chi connectivity index (χ3n) is 3.10. The molecule has 1 N–H and O–H groups in total. The lowest BCUT2D eigenvalue weighted by Crippen LogP contribution is -2.13. The zero-order chi connectivity index (χ0) is 16.7. The Hall–Kier alpha value is -2.25. The number of nitrogens with one attached hydrogen (secondary N) is 1. The molecule has 0 saturated carbocycles. The highest BCUT2D eigenvalue weighted by Gasteiger charge is 2.15. The summed E-state index contributed by atoms with van der Waals surface area (Å²) in [6, 6.07) is 11.0. The summed E-state index contributed by atoms with van der Waals surface area (Å²) in [5.41, 5.74) is 0.535. The Bertz CT molecular complexity index is 761. The van der Waals surface area contributed by atoms with Crippen molar-refractivity contribution in [3.05, 3.63) is 54.4 Å². The van der Waals surface area contributed by atoms with Crippen molar-refractivity contribution in [2.75, 3.05) is 18.4 Å². The van der Waals surface area contributed by atoms with Gasteiger partial charge in [-0.3, -0.25) is 14.5 Å². The van der Waals surface area contributed by atoms with Gasteiger partial charge in [0, 0.05) is 26.3 Å². The number of anilines is 1. The number of methoxy groups -OCH3 is 1. The van der Waals surface area contributed by atoms with Crippen LogP contribution >= 0.6 is 0 Å². The molecule has 0 fully saturated rings. The number of carbonyl (C=O) groups is 1. The zero-order valence-corrected chi connectivity index (χ0v) is 13.5. The van der Waals surface area contributed by atoms with Gasteiger partial charge in [0.25, 0.3) is 10.0 Å². The Balaban J connectivity index is 2.12. The van der Waals surface area contributed by atoms with E-state index in [9.17, 15) is 13.2 Å². The molecule has 0 saturated heterocycles. The normalized spacial score (nSPS) is 11.2. The summed E-state index contributed by atoms with van der Waals surface area (Å²) in [6.45, 7) is 0.492. The summed E-state index contributed by atoms with van der Waals surface area (Å²) >= 11 is 0. The first-order valence-electron chi connectivity index (χ1n) is 7.09. The molecule has 0 aliphatic rings. The number of hydrogen-bond acceptors (Lipinski definition) is 5.